The van der Waals surface area contributed by atoms with Gasteiger partial charge in [-0.05, 0) is 31.2 Å². The third-order valence-corrected chi connectivity index (χ3v) is 5.95. The van der Waals surface area contributed by atoms with Crippen molar-refractivity contribution in [1.82, 2.24) is 0 Å². The van der Waals surface area contributed by atoms with Gasteiger partial charge < -0.3 is 19.7 Å². The zero-order chi connectivity index (χ0) is 24.4. The molecule has 180 valence electrons. The first kappa shape index (κ1) is 26.5. The summed E-state index contributed by atoms with van der Waals surface area (Å²) in [6.07, 6.45) is 5.39. The van der Waals surface area contributed by atoms with Gasteiger partial charge in [0.1, 0.15) is 0 Å². The van der Waals surface area contributed by atoms with E-state index in [1.54, 1.807) is 32.1 Å². The predicted octanol–water partition coefficient (Wildman–Crippen LogP) is 2.93. The first-order chi connectivity index (χ1) is 15.7. The summed E-state index contributed by atoms with van der Waals surface area (Å²) in [5.74, 6) is -2.13. The fraction of sp³-hybridized carbons (Fsp3) is 0.500. The number of hydrogen-bond donors (Lipinski definition) is 2. The molecule has 7 nitrogen and oxygen atoms in total. The van der Waals surface area contributed by atoms with Crippen molar-refractivity contribution in [2.75, 3.05) is 7.11 Å². The third kappa shape index (κ3) is 7.65. The molecule has 1 aromatic carbocycles. The first-order valence-electron chi connectivity index (χ1n) is 11.2. The molecule has 33 heavy (non-hydrogen) atoms. The van der Waals surface area contributed by atoms with Gasteiger partial charge in [0.25, 0.3) is 0 Å². The number of benzene rings is 1. The summed E-state index contributed by atoms with van der Waals surface area (Å²) >= 11 is 0. The molecule has 0 radical (unpaired) electrons. The van der Waals surface area contributed by atoms with Crippen molar-refractivity contribution in [2.24, 2.45) is 11.3 Å². The topological polar surface area (TPSA) is 110 Å². The van der Waals surface area contributed by atoms with E-state index in [9.17, 15) is 24.6 Å². The van der Waals surface area contributed by atoms with Gasteiger partial charge in [0.2, 0.25) is 0 Å². The number of hydrogen-bond acceptors (Lipinski definition) is 7. The van der Waals surface area contributed by atoms with Gasteiger partial charge in [-0.1, -0.05) is 62.4 Å². The summed E-state index contributed by atoms with van der Waals surface area (Å²) in [5, 5.41) is 21.0. The van der Waals surface area contributed by atoms with Gasteiger partial charge in [-0.15, -0.1) is 0 Å². The van der Waals surface area contributed by atoms with Crippen LogP contribution in [-0.2, 0) is 30.3 Å². The second-order valence-electron chi connectivity index (χ2n) is 8.81. The Morgan fingerprint density at radius 2 is 1.91 bits per heavy atom. The van der Waals surface area contributed by atoms with Crippen LogP contribution in [0, 0.1) is 11.3 Å². The van der Waals surface area contributed by atoms with Gasteiger partial charge in [0, 0.05) is 18.4 Å². The lowest BCUT2D eigenvalue weighted by molar-refractivity contribution is -0.151. The van der Waals surface area contributed by atoms with E-state index in [0.717, 1.165) is 5.56 Å². The molecule has 1 unspecified atom stereocenters. The molecule has 0 aromatic heterocycles. The molecule has 0 amide bonds. The zero-order valence-electron chi connectivity index (χ0n) is 19.5. The molecule has 0 aliphatic heterocycles. The van der Waals surface area contributed by atoms with Crippen LogP contribution in [0.5, 0.6) is 0 Å². The molecule has 1 aliphatic rings. The standard InChI is InChI=1S/C26H34O7/c1-26(2)24(30)20(17-16-19(27)15-14-18-10-6-4-7-11-18)23(25(26)31)33-22(29)13-9-5-8-12-21(28)32-3/h4,6-7,9-11,13,16-17,19-20,23-24,27,30H,5,8,12,14-15H2,1-3H3/b13-9-,17-16+/t19?,20-,23+,24-/m0/s1. The van der Waals surface area contributed by atoms with Gasteiger partial charge >= 0.3 is 11.9 Å². The van der Waals surface area contributed by atoms with E-state index in [4.69, 9.17) is 4.74 Å². The van der Waals surface area contributed by atoms with Crippen LogP contribution in [0.2, 0.25) is 0 Å². The third-order valence-electron chi connectivity index (χ3n) is 5.95. The number of esters is 2. The lowest BCUT2D eigenvalue weighted by Crippen LogP contribution is -2.32. The fourth-order valence-corrected chi connectivity index (χ4v) is 3.79. The van der Waals surface area contributed by atoms with Gasteiger partial charge in [0.15, 0.2) is 11.9 Å². The highest BCUT2D eigenvalue weighted by Gasteiger charge is 2.55. The predicted molar refractivity (Wildman–Crippen MR) is 123 cm³/mol. The average molecular weight is 459 g/mol. The Bertz CT molecular complexity index is 857. The molecule has 0 heterocycles. The number of unbranched alkanes of at least 4 members (excludes halogenated alkanes) is 1. The molecule has 1 fully saturated rings. The number of aliphatic hydroxyl groups is 2. The van der Waals surface area contributed by atoms with Gasteiger partial charge in [-0.3, -0.25) is 9.59 Å². The van der Waals surface area contributed by atoms with Crippen molar-refractivity contribution in [3.63, 3.8) is 0 Å². The van der Waals surface area contributed by atoms with Crippen LogP contribution in [0.25, 0.3) is 0 Å². The Labute approximate surface area is 195 Å². The summed E-state index contributed by atoms with van der Waals surface area (Å²) < 4.78 is 9.95. The normalized spacial score (nSPS) is 23.2. The first-order valence-corrected chi connectivity index (χ1v) is 11.2. The number of methoxy groups -OCH3 is 1. The number of aliphatic hydroxyl groups excluding tert-OH is 2. The van der Waals surface area contributed by atoms with Crippen LogP contribution in [0.1, 0.15) is 45.1 Å². The fourth-order valence-electron chi connectivity index (χ4n) is 3.79. The van der Waals surface area contributed by atoms with E-state index >= 15 is 0 Å². The van der Waals surface area contributed by atoms with E-state index < -0.39 is 35.6 Å². The molecule has 0 saturated heterocycles. The average Bonchev–Trinajstić information content (AvgIpc) is 2.96. The number of aryl methyl sites for hydroxylation is 1. The summed E-state index contributed by atoms with van der Waals surface area (Å²) in [6, 6.07) is 9.77. The van der Waals surface area contributed by atoms with Crippen LogP contribution in [-0.4, -0.2) is 53.4 Å². The quantitative estimate of drug-likeness (QED) is 0.227. The summed E-state index contributed by atoms with van der Waals surface area (Å²) in [6.45, 7) is 3.23. The van der Waals surface area contributed by atoms with Crippen LogP contribution < -0.4 is 0 Å². The minimum absolute atomic E-state index is 0.247. The molecule has 2 N–H and O–H groups in total. The van der Waals surface area contributed by atoms with E-state index in [0.29, 0.717) is 25.7 Å². The molecule has 1 aromatic rings. The molecule has 2 rings (SSSR count). The van der Waals surface area contributed by atoms with Crippen molar-refractivity contribution < 1.29 is 34.1 Å². The molecule has 0 spiro atoms. The number of carbonyl (C=O) groups is 3. The van der Waals surface area contributed by atoms with E-state index in [2.05, 4.69) is 4.74 Å². The molecule has 0 bridgehead atoms. The summed E-state index contributed by atoms with van der Waals surface area (Å²) in [5.41, 5.74) is 0.0199. The Balaban J connectivity index is 1.96. The van der Waals surface area contributed by atoms with E-state index in [-0.39, 0.29) is 18.2 Å². The Morgan fingerprint density at radius 1 is 1.21 bits per heavy atom. The maximum absolute atomic E-state index is 12.8. The minimum Gasteiger partial charge on any atom is -0.469 e. The minimum atomic E-state index is -1.14. The number of Topliss-reactive ketones (excluding diaryl/α,β-unsaturated/α-hetero) is 1. The molecular weight excluding hydrogens is 424 g/mol. The highest BCUT2D eigenvalue weighted by atomic mass is 16.5. The van der Waals surface area contributed by atoms with E-state index in [1.165, 1.54) is 13.2 Å². The summed E-state index contributed by atoms with van der Waals surface area (Å²) in [4.78, 5) is 36.2. The monoisotopic (exact) mass is 458 g/mol. The van der Waals surface area contributed by atoms with Gasteiger partial charge in [0.05, 0.1) is 24.7 Å². The van der Waals surface area contributed by atoms with Crippen molar-refractivity contribution in [2.45, 2.75) is 64.3 Å². The SMILES string of the molecule is COC(=O)CCC/C=C\C(=O)O[C@H]1C(=O)C(C)(C)[C@@H](O)[C@H]1/C=C/C(O)CCc1ccccc1. The molecule has 1 aliphatic carbocycles. The molecule has 4 atom stereocenters. The maximum Gasteiger partial charge on any atom is 0.331 e. The maximum atomic E-state index is 12.8. The number of allylic oxidation sites excluding steroid dienone is 1. The number of rotatable bonds is 11. The Morgan fingerprint density at radius 3 is 2.58 bits per heavy atom. The Kier molecular flexibility index (Phi) is 10.0. The number of carbonyl (C=O) groups excluding carboxylic acids is 3. The number of ether oxygens (including phenoxy) is 2. The molecule has 1 saturated carbocycles. The largest absolute Gasteiger partial charge is 0.469 e. The van der Waals surface area contributed by atoms with Crippen molar-refractivity contribution >= 4 is 17.7 Å². The lowest BCUT2D eigenvalue weighted by Gasteiger charge is -2.22. The zero-order valence-corrected chi connectivity index (χ0v) is 19.5. The second-order valence-corrected chi connectivity index (χ2v) is 8.81. The molecule has 7 heteroatoms. The molecular formula is C26H34O7. The van der Waals surface area contributed by atoms with Crippen LogP contribution >= 0.6 is 0 Å². The highest BCUT2D eigenvalue weighted by molar-refractivity contribution is 5.95. The van der Waals surface area contributed by atoms with Gasteiger partial charge in [-0.25, -0.2) is 4.79 Å². The number of ketones is 1. The highest BCUT2D eigenvalue weighted by Crippen LogP contribution is 2.41. The van der Waals surface area contributed by atoms with Crippen LogP contribution in [0.15, 0.2) is 54.6 Å². The summed E-state index contributed by atoms with van der Waals surface area (Å²) in [7, 11) is 1.32. The van der Waals surface area contributed by atoms with E-state index in [1.807, 2.05) is 30.3 Å². The Hall–Kier alpha value is -2.77. The van der Waals surface area contributed by atoms with Crippen molar-refractivity contribution in [3.05, 3.63) is 60.2 Å². The lowest BCUT2D eigenvalue weighted by atomic mass is 9.86. The van der Waals surface area contributed by atoms with Crippen molar-refractivity contribution in [3.8, 4) is 0 Å². The van der Waals surface area contributed by atoms with Crippen LogP contribution in [0.3, 0.4) is 0 Å². The van der Waals surface area contributed by atoms with Gasteiger partial charge in [-0.2, -0.15) is 0 Å². The smallest absolute Gasteiger partial charge is 0.331 e. The van der Waals surface area contributed by atoms with Crippen molar-refractivity contribution in [1.29, 1.82) is 0 Å². The second kappa shape index (κ2) is 12.5. The van der Waals surface area contributed by atoms with Crippen LogP contribution in [0.4, 0.5) is 0 Å².